The molecule has 11 aromatic carbocycles. The molecule has 658 valence electrons. The van der Waals surface area contributed by atoms with E-state index in [4.69, 9.17) is 9.15 Å². The monoisotopic (exact) mass is 1860 g/mol. The molecule has 0 radical (unpaired) electrons. The molecular weight excluding hydrogens is 1790 g/mol. The van der Waals surface area contributed by atoms with Crippen LogP contribution in [0.5, 0.6) is 0 Å². The summed E-state index contributed by atoms with van der Waals surface area (Å²) < 4.78 is 116. The number of nitrogens with one attached hydrogen (secondary N) is 11. The Morgan fingerprint density at radius 2 is 0.773 bits per heavy atom. The largest absolute Gasteiger partial charge is 0.459 e. The third-order valence-electron chi connectivity index (χ3n) is 22.5. The maximum atomic E-state index is 15.3. The summed E-state index contributed by atoms with van der Waals surface area (Å²) in [6.45, 7) is 0.567. The van der Waals surface area contributed by atoms with Crippen molar-refractivity contribution < 1.29 is 63.5 Å². The third kappa shape index (κ3) is 17.2. The van der Waals surface area contributed by atoms with E-state index in [0.29, 0.717) is 103 Å². The number of H-pyrrole nitrogens is 5. The van der Waals surface area contributed by atoms with Gasteiger partial charge in [0.2, 0.25) is 27.7 Å². The molecule has 1 aliphatic carbocycles. The second-order valence-corrected chi connectivity index (χ2v) is 37.6. The normalized spacial score (nSPS) is 14.3. The molecule has 132 heavy (non-hydrogen) atoms. The highest BCUT2D eigenvalue weighted by atomic mass is 32.2. The number of sulfonamides is 1. The number of fused-ring (bicyclic) bond motifs is 10. The summed E-state index contributed by atoms with van der Waals surface area (Å²) in [4.78, 5) is 63.6. The van der Waals surface area contributed by atoms with Crippen molar-refractivity contribution in [1.82, 2.24) is 56.3 Å². The van der Waals surface area contributed by atoms with E-state index in [-0.39, 0.29) is 63.2 Å². The Morgan fingerprint density at radius 3 is 1.16 bits per heavy atom. The molecule has 25 nitrogen and oxygen atoms in total. The van der Waals surface area contributed by atoms with Crippen molar-refractivity contribution in [3.8, 4) is 53.5 Å². The first-order valence-electron chi connectivity index (χ1n) is 41.6. The molecule has 2 atom stereocenters. The molecule has 2 saturated heterocycles. The van der Waals surface area contributed by atoms with Crippen LogP contribution in [0, 0.1) is 35.0 Å². The average molecular weight is 1860 g/mol. The van der Waals surface area contributed by atoms with Crippen LogP contribution in [0.4, 0.5) is 50.4 Å². The lowest BCUT2D eigenvalue weighted by Gasteiger charge is -2.12. The van der Waals surface area contributed by atoms with Crippen molar-refractivity contribution in [3.63, 3.8) is 0 Å². The minimum atomic E-state index is -3.58. The van der Waals surface area contributed by atoms with Crippen LogP contribution in [0.1, 0.15) is 49.1 Å². The average Bonchev–Trinajstić information content (AvgIpc) is 1.63. The predicted molar refractivity (Wildman–Crippen MR) is 510 cm³/mol. The number of halogens is 5. The number of furan rings is 1. The molecule has 5 amide bonds. The molecule has 3 aliphatic rings. The quantitative estimate of drug-likeness (QED) is 0.0425. The van der Waals surface area contributed by atoms with E-state index < -0.39 is 63.1 Å². The minimum absolute atomic E-state index is 0.0292. The van der Waals surface area contributed by atoms with Crippen molar-refractivity contribution in [3.05, 3.63) is 278 Å². The summed E-state index contributed by atoms with van der Waals surface area (Å²) in [5.41, 5.74) is 6.60. The van der Waals surface area contributed by atoms with Crippen molar-refractivity contribution >= 4 is 219 Å². The Morgan fingerprint density at radius 1 is 0.394 bits per heavy atom. The van der Waals surface area contributed by atoms with E-state index in [1.807, 2.05) is 164 Å². The number of aromatic nitrogens is 10. The van der Waals surface area contributed by atoms with Gasteiger partial charge >= 0.3 is 0 Å². The Balaban J connectivity index is 0.000000103. The van der Waals surface area contributed by atoms with Gasteiger partial charge in [0, 0.05) is 43.3 Å². The van der Waals surface area contributed by atoms with Gasteiger partial charge in [-0.05, 0) is 192 Å². The maximum Gasteiger partial charge on any atom is 0.291 e. The fraction of sp³-hybridized carbons (Fsp3) is 0.113. The van der Waals surface area contributed by atoms with Gasteiger partial charge in [-0.1, -0.05) is 109 Å². The zero-order valence-corrected chi connectivity index (χ0v) is 73.2. The van der Waals surface area contributed by atoms with Gasteiger partial charge in [0.15, 0.2) is 34.8 Å². The number of nitrogens with zero attached hydrogens (tertiary/aromatic N) is 5. The Labute approximate surface area is 760 Å². The molecule has 3 fully saturated rings. The Kier molecular flexibility index (Phi) is 23.0. The number of anilines is 5. The number of hydrogen-bond donors (Lipinski definition) is 11. The van der Waals surface area contributed by atoms with Crippen LogP contribution in [0.3, 0.4) is 0 Å². The predicted octanol–water partition coefficient (Wildman–Crippen LogP) is 22.8. The second kappa shape index (κ2) is 35.7. The highest BCUT2D eigenvalue weighted by Gasteiger charge is 2.33. The zero-order chi connectivity index (χ0) is 90.6. The minimum Gasteiger partial charge on any atom is -0.459 e. The molecule has 2 aliphatic heterocycles. The number of carbonyl (C=O) groups excluding carboxylic acids is 5. The first-order chi connectivity index (χ1) is 64.1. The van der Waals surface area contributed by atoms with Crippen LogP contribution in [-0.4, -0.2) is 114 Å². The van der Waals surface area contributed by atoms with E-state index in [0.717, 1.165) is 102 Å². The number of benzene rings is 11. The van der Waals surface area contributed by atoms with Crippen molar-refractivity contribution in [1.29, 1.82) is 0 Å². The van der Waals surface area contributed by atoms with E-state index >= 15 is 17.6 Å². The van der Waals surface area contributed by atoms with E-state index in [1.54, 1.807) is 82.5 Å². The lowest BCUT2D eigenvalue weighted by Crippen LogP contribution is -2.37. The number of hydrogen-bond acceptors (Lipinski definition) is 18. The summed E-state index contributed by atoms with van der Waals surface area (Å²) >= 11 is 6.22. The molecule has 10 aromatic heterocycles. The molecule has 0 bridgehead atoms. The third-order valence-corrected chi connectivity index (χ3v) is 27.6. The molecule has 1 unspecified atom stereocenters. The number of ether oxygens (including phenoxy) is 1. The number of aromatic amines is 5. The van der Waals surface area contributed by atoms with Crippen molar-refractivity contribution in [2.24, 2.45) is 5.92 Å². The highest BCUT2D eigenvalue weighted by molar-refractivity contribution is 7.92. The molecule has 24 rings (SSSR count). The van der Waals surface area contributed by atoms with Gasteiger partial charge in [0.25, 0.3) is 11.8 Å². The summed E-state index contributed by atoms with van der Waals surface area (Å²) in [7, 11) is -3.58. The lowest BCUT2D eigenvalue weighted by atomic mass is 10.0. The summed E-state index contributed by atoms with van der Waals surface area (Å²) in [5, 5.41) is 57.1. The van der Waals surface area contributed by atoms with Crippen LogP contribution < -0.4 is 31.3 Å². The lowest BCUT2D eigenvalue weighted by molar-refractivity contribution is -0.124. The standard InChI is InChI=1S/C20H15FN4O2S.C20H16FN3O2S.C20H12FN3O2S.C19H14FN3OS.C18H14FN3O2S/c21-18-12(23-20(27)13-7-8-16(26)22-13)6-5-11-17(18)19(25-24-11)15-9-10-3-1-2-4-14(10)28-15;2*21-18-13(22-20(25)14-5-3-9-26-14)8-7-12-17(18)19(24-23-12)16-10-11-4-1-2-6-15(11)27-16;20-17-13(21-19(24)10-5-6-10)8-7-12-16(17)18(23-22-12)15-9-11-3-1-2-4-14(11)25-15;1-25(23,24)22-15-9-8-14-16(17(15)19)18(21-20-14)13-7-6-11-4-2-3-5-12(11)10-13/h1-6,9,13H,7-8H2,(H,22,26)(H,23,27)(H,24,25);1-2,4,6-8,10,14H,3,5,9H2,(H,22,25)(H,23,24);1-10H,(H,22,25)(H,23,24);1-4,7-10H,5-6H2,(H,21,24)(H,22,23);2-10,22H,1H3,(H,20,21)/t13-;;;;/m0..../s1. The van der Waals surface area contributed by atoms with Gasteiger partial charge in [-0.3, -0.25) is 54.2 Å². The zero-order valence-electron chi connectivity index (χ0n) is 69.1. The molecule has 0 spiro atoms. The van der Waals surface area contributed by atoms with E-state index in [2.05, 4.69) is 82.3 Å². The van der Waals surface area contributed by atoms with Crippen LogP contribution in [0.15, 0.2) is 247 Å². The Hall–Kier alpha value is -15.1. The molecule has 21 aromatic rings. The van der Waals surface area contributed by atoms with Crippen LogP contribution in [0.25, 0.3) is 159 Å². The SMILES string of the molecule is CS(=O)(=O)Nc1ccc2[nH]nc(-c3ccc4ccccc4c3)c2c1F.O=C(Nc1ccc2[nH]nc(-c3cc4ccccc4s3)c2c1F)C1CC1.O=C(Nc1ccc2[nH]nc(-c3cc4ccccc4s3)c2c1F)C1CCCO1.O=C(Nc1ccc2[nH]nc(-c3cc4ccccc4s3)c2c1F)c1ccco1.O=C1CC[C@@H](C(=O)Nc2ccc3[nH]nc(-c4cc5ccccc5s4)c3c2F)N1. The van der Waals surface area contributed by atoms with Gasteiger partial charge in [0.05, 0.1) is 115 Å². The number of thiophene rings is 4. The second-order valence-electron chi connectivity index (χ2n) is 31.5. The first-order valence-corrected chi connectivity index (χ1v) is 46.7. The number of carbonyl (C=O) groups is 5. The van der Waals surface area contributed by atoms with Gasteiger partial charge < -0.3 is 35.7 Å². The fourth-order valence-electron chi connectivity index (χ4n) is 15.9. The summed E-state index contributed by atoms with van der Waals surface area (Å²) in [6, 6.07) is 72.0. The number of amides is 5. The first kappa shape index (κ1) is 85.0. The Bertz CT molecular complexity index is 8120. The fourth-order valence-corrected chi connectivity index (χ4v) is 20.7. The van der Waals surface area contributed by atoms with Gasteiger partial charge in [-0.2, -0.15) is 25.5 Å². The van der Waals surface area contributed by atoms with Crippen LogP contribution >= 0.6 is 45.3 Å². The molecule has 12 heterocycles. The topological polar surface area (TPSA) is 357 Å². The molecule has 11 N–H and O–H groups in total. The molecule has 1 saturated carbocycles. The van der Waals surface area contributed by atoms with Crippen molar-refractivity contribution in [2.45, 2.75) is 50.7 Å². The maximum absolute atomic E-state index is 15.3. The van der Waals surface area contributed by atoms with Gasteiger partial charge in [0.1, 0.15) is 40.6 Å². The van der Waals surface area contributed by atoms with Gasteiger partial charge in [-0.25, -0.2) is 30.4 Å². The van der Waals surface area contributed by atoms with E-state index in [1.165, 1.54) is 41.9 Å². The molecular formula is C97H71F5N16O9S5. The van der Waals surface area contributed by atoms with Gasteiger partial charge in [-0.15, -0.1) is 45.3 Å². The highest BCUT2D eigenvalue weighted by Crippen LogP contribution is 2.45. The summed E-state index contributed by atoms with van der Waals surface area (Å²) in [6.07, 6.45) is 5.85. The molecule has 35 heteroatoms. The van der Waals surface area contributed by atoms with Crippen LogP contribution in [-0.2, 0) is 33.9 Å². The van der Waals surface area contributed by atoms with Crippen LogP contribution in [0.2, 0.25) is 0 Å². The smallest absolute Gasteiger partial charge is 0.291 e. The van der Waals surface area contributed by atoms with E-state index in [9.17, 15) is 36.8 Å². The van der Waals surface area contributed by atoms with Crippen molar-refractivity contribution in [2.75, 3.05) is 38.9 Å². The number of rotatable bonds is 15. The summed E-state index contributed by atoms with van der Waals surface area (Å²) in [5.74, 6) is -4.02.